The lowest BCUT2D eigenvalue weighted by Gasteiger charge is -2.19. The highest BCUT2D eigenvalue weighted by Crippen LogP contribution is 2.47. The van der Waals surface area contributed by atoms with Crippen molar-refractivity contribution in [3.8, 4) is 5.75 Å². The number of aryl methyl sites for hydroxylation is 2. The Bertz CT molecular complexity index is 1810. The second-order valence-corrected chi connectivity index (χ2v) is 11.6. The second-order valence-electron chi connectivity index (χ2n) is 9.35. The third-order valence-corrected chi connectivity index (χ3v) is 8.59. The van der Waals surface area contributed by atoms with E-state index >= 15 is 0 Å². The van der Waals surface area contributed by atoms with Gasteiger partial charge in [-0.1, -0.05) is 41.4 Å². The molecule has 0 aliphatic carbocycles. The van der Waals surface area contributed by atoms with Gasteiger partial charge in [-0.15, -0.1) is 0 Å². The van der Waals surface area contributed by atoms with E-state index in [-0.39, 0.29) is 40.6 Å². The molecule has 1 aliphatic rings. The molecular formula is C28H22ClN3O8S. The van der Waals surface area contributed by atoms with Crippen LogP contribution in [0.25, 0.3) is 11.6 Å². The Morgan fingerprint density at radius 3 is 2.41 bits per heavy atom. The van der Waals surface area contributed by atoms with E-state index in [2.05, 4.69) is 0 Å². The molecule has 0 radical (unpaired) electrons. The summed E-state index contributed by atoms with van der Waals surface area (Å²) in [7, 11) is -4.24. The zero-order chi connectivity index (χ0) is 29.5. The van der Waals surface area contributed by atoms with Crippen molar-refractivity contribution < 1.29 is 27.4 Å². The lowest BCUT2D eigenvalue weighted by molar-refractivity contribution is -0.394. The molecule has 0 spiro atoms. The highest BCUT2D eigenvalue weighted by molar-refractivity contribution is 7.92. The Kier molecular flexibility index (Phi) is 7.28. The summed E-state index contributed by atoms with van der Waals surface area (Å²) < 4.78 is 39.9. The lowest BCUT2D eigenvalue weighted by atomic mass is 10.0. The quantitative estimate of drug-likeness (QED) is 0.162. The zero-order valence-electron chi connectivity index (χ0n) is 21.7. The van der Waals surface area contributed by atoms with Crippen LogP contribution < -0.4 is 9.04 Å². The molecule has 0 atom stereocenters. The molecule has 41 heavy (non-hydrogen) atoms. The number of hydrogen-bond acceptors (Lipinski definition) is 8. The van der Waals surface area contributed by atoms with Gasteiger partial charge in [0.1, 0.15) is 23.9 Å². The van der Waals surface area contributed by atoms with Crippen LogP contribution in [0.15, 0.2) is 76.0 Å². The summed E-state index contributed by atoms with van der Waals surface area (Å²) in [5.41, 5.74) is 0.505. The predicted octanol–water partition coefficient (Wildman–Crippen LogP) is 6.69. The molecule has 1 aromatic heterocycles. The normalized spacial score (nSPS) is 13.8. The maximum Gasteiger partial charge on any atom is 0.285 e. The summed E-state index contributed by atoms with van der Waals surface area (Å²) in [4.78, 5) is 22.0. The van der Waals surface area contributed by atoms with Gasteiger partial charge in [0.2, 0.25) is 0 Å². The number of nitro groups is 2. The molecule has 5 rings (SSSR count). The predicted molar refractivity (Wildman–Crippen MR) is 153 cm³/mol. The van der Waals surface area contributed by atoms with Crippen molar-refractivity contribution in [1.82, 2.24) is 0 Å². The summed E-state index contributed by atoms with van der Waals surface area (Å²) >= 11 is 6.22. The third-order valence-electron chi connectivity index (χ3n) is 6.52. The zero-order valence-corrected chi connectivity index (χ0v) is 23.3. The summed E-state index contributed by atoms with van der Waals surface area (Å²) in [5, 5.41) is 24.0. The molecule has 0 N–H and O–H groups in total. The lowest BCUT2D eigenvalue weighted by Crippen LogP contribution is -2.29. The Balaban J connectivity index is 1.56. The van der Waals surface area contributed by atoms with Crippen LogP contribution >= 0.6 is 11.6 Å². The average molecular weight is 596 g/mol. The summed E-state index contributed by atoms with van der Waals surface area (Å²) in [6.07, 6.45) is 1.48. The second kappa shape index (κ2) is 10.7. The van der Waals surface area contributed by atoms with E-state index < -0.39 is 31.2 Å². The van der Waals surface area contributed by atoms with Crippen LogP contribution in [-0.4, -0.2) is 24.8 Å². The van der Waals surface area contributed by atoms with Gasteiger partial charge in [0.15, 0.2) is 0 Å². The Morgan fingerprint density at radius 1 is 1.02 bits per heavy atom. The fourth-order valence-corrected chi connectivity index (χ4v) is 6.25. The molecule has 210 valence electrons. The van der Waals surface area contributed by atoms with Crippen LogP contribution in [0.1, 0.15) is 28.2 Å². The van der Waals surface area contributed by atoms with Crippen LogP contribution in [0.5, 0.6) is 5.75 Å². The molecule has 4 aromatic rings. The monoisotopic (exact) mass is 595 g/mol. The number of non-ortho nitro benzene ring substituents is 1. The molecule has 3 aromatic carbocycles. The van der Waals surface area contributed by atoms with Gasteiger partial charge in [-0.05, 0) is 61.4 Å². The first kappa shape index (κ1) is 27.9. The van der Waals surface area contributed by atoms with Crippen LogP contribution in [0.3, 0.4) is 0 Å². The summed E-state index contributed by atoms with van der Waals surface area (Å²) in [5.74, 6) is 1.21. The molecule has 0 saturated heterocycles. The fourth-order valence-electron chi connectivity index (χ4n) is 4.53. The van der Waals surface area contributed by atoms with Gasteiger partial charge < -0.3 is 9.15 Å². The number of furan rings is 1. The first-order chi connectivity index (χ1) is 19.5. The molecule has 0 amide bonds. The van der Waals surface area contributed by atoms with E-state index in [1.165, 1.54) is 18.2 Å². The molecule has 11 nitrogen and oxygen atoms in total. The molecule has 2 heterocycles. The van der Waals surface area contributed by atoms with Crippen LogP contribution in [0, 0.1) is 34.1 Å². The van der Waals surface area contributed by atoms with Crippen LogP contribution in [0.4, 0.5) is 17.1 Å². The van der Waals surface area contributed by atoms with Gasteiger partial charge in [-0.2, -0.15) is 0 Å². The standard InChI is InChI=1S/C28H22ClN3O8S/c1-17-6-10-23(11-7-17)41(37,38)30-15-19(27-25(30)13-20(31(33)34)14-26(27)32(35)36)12-21-8-9-22(40-21)16-39-28-18(2)4-3-5-24(28)29/h3-14H,15-16H2,1-2H3. The Hall–Kier alpha value is -4.68. The number of hydrogen-bond donors (Lipinski definition) is 0. The number of benzene rings is 3. The minimum atomic E-state index is -4.24. The smallest absolute Gasteiger partial charge is 0.285 e. The number of halogens is 1. The largest absolute Gasteiger partial charge is 0.484 e. The van der Waals surface area contributed by atoms with E-state index in [0.29, 0.717) is 16.5 Å². The van der Waals surface area contributed by atoms with E-state index in [1.807, 2.05) is 13.0 Å². The van der Waals surface area contributed by atoms with Crippen molar-refractivity contribution >= 4 is 50.3 Å². The minimum Gasteiger partial charge on any atom is -0.484 e. The number of nitro benzene ring substituents is 2. The van der Waals surface area contributed by atoms with Gasteiger partial charge in [-0.3, -0.25) is 24.5 Å². The molecule has 0 fully saturated rings. The van der Waals surface area contributed by atoms with E-state index in [4.69, 9.17) is 20.8 Å². The Morgan fingerprint density at radius 2 is 1.76 bits per heavy atom. The van der Waals surface area contributed by atoms with Crippen LogP contribution in [0.2, 0.25) is 5.02 Å². The molecule has 0 unspecified atom stereocenters. The van der Waals surface area contributed by atoms with Crippen molar-refractivity contribution in [3.63, 3.8) is 0 Å². The SMILES string of the molecule is Cc1ccc(S(=O)(=O)N2CC(=Cc3ccc(COc4c(C)cccc4Cl)o3)c3c2cc([N+](=O)[O-])cc3[N+](=O)[O-])cc1. The summed E-state index contributed by atoms with van der Waals surface area (Å²) in [6, 6.07) is 16.5. The molecule has 0 bridgehead atoms. The summed E-state index contributed by atoms with van der Waals surface area (Å²) in [6.45, 7) is 3.39. The van der Waals surface area contributed by atoms with Gasteiger partial charge in [0.25, 0.3) is 21.4 Å². The van der Waals surface area contributed by atoms with E-state index in [9.17, 15) is 28.6 Å². The van der Waals surface area contributed by atoms with Crippen LogP contribution in [-0.2, 0) is 16.6 Å². The van der Waals surface area contributed by atoms with Crippen molar-refractivity contribution in [3.05, 3.63) is 120 Å². The molecule has 0 saturated carbocycles. The maximum absolute atomic E-state index is 13.7. The third kappa shape index (κ3) is 5.39. The number of ether oxygens (including phenoxy) is 1. The topological polar surface area (TPSA) is 146 Å². The van der Waals surface area contributed by atoms with E-state index in [1.54, 1.807) is 43.3 Å². The number of rotatable bonds is 8. The van der Waals surface area contributed by atoms with E-state index in [0.717, 1.165) is 27.6 Å². The first-order valence-corrected chi connectivity index (χ1v) is 14.0. The highest BCUT2D eigenvalue weighted by Gasteiger charge is 2.40. The van der Waals surface area contributed by atoms with Crippen molar-refractivity contribution in [2.75, 3.05) is 10.8 Å². The molecule has 13 heteroatoms. The number of anilines is 1. The Labute approximate surface area is 239 Å². The minimum absolute atomic E-state index is 0.0443. The first-order valence-electron chi connectivity index (χ1n) is 12.2. The number of fused-ring (bicyclic) bond motifs is 1. The van der Waals surface area contributed by atoms with Gasteiger partial charge in [0, 0.05) is 6.07 Å². The van der Waals surface area contributed by atoms with Crippen molar-refractivity contribution in [2.45, 2.75) is 25.3 Å². The number of nitrogens with zero attached hydrogens (tertiary/aromatic N) is 3. The van der Waals surface area contributed by atoms with Crippen molar-refractivity contribution in [2.24, 2.45) is 0 Å². The highest BCUT2D eigenvalue weighted by atomic mass is 35.5. The average Bonchev–Trinajstić information content (AvgIpc) is 3.53. The van der Waals surface area contributed by atoms with Gasteiger partial charge in [-0.25, -0.2) is 8.42 Å². The maximum atomic E-state index is 13.7. The van der Waals surface area contributed by atoms with Gasteiger partial charge in [0.05, 0.1) is 43.6 Å². The number of para-hydroxylation sites is 1. The fraction of sp³-hybridized carbons (Fsp3) is 0.143. The van der Waals surface area contributed by atoms with Gasteiger partial charge >= 0.3 is 0 Å². The molecular weight excluding hydrogens is 574 g/mol. The molecule has 1 aliphatic heterocycles. The number of sulfonamides is 1. The van der Waals surface area contributed by atoms with Crippen molar-refractivity contribution in [1.29, 1.82) is 0 Å².